The molecule has 2 N–H and O–H groups in total. The number of nitrogens with zero attached hydrogens (tertiary/aromatic N) is 3. The first-order valence-electron chi connectivity index (χ1n) is 10.7. The zero-order valence-corrected chi connectivity index (χ0v) is 17.7. The number of aromatic nitrogens is 4. The highest BCUT2D eigenvalue weighted by Crippen LogP contribution is 2.35. The number of rotatable bonds is 6. The van der Waals surface area contributed by atoms with E-state index in [1.807, 2.05) is 83.8 Å². The van der Waals surface area contributed by atoms with Crippen molar-refractivity contribution in [3.05, 3.63) is 90.9 Å². The van der Waals surface area contributed by atoms with Gasteiger partial charge in [0.05, 0.1) is 6.42 Å². The predicted octanol–water partition coefficient (Wildman–Crippen LogP) is 5.29. The number of nitrogens with one attached hydrogen (secondary N) is 2. The van der Waals surface area contributed by atoms with Gasteiger partial charge in [-0.05, 0) is 42.3 Å². The molecule has 0 spiro atoms. The number of carbonyl (C=O) groups excluding carboxylic acids is 1. The highest BCUT2D eigenvalue weighted by molar-refractivity contribution is 5.97. The molecule has 0 saturated heterocycles. The van der Waals surface area contributed by atoms with Crippen LogP contribution in [0, 0.1) is 0 Å². The number of hydrogen-bond acceptors (Lipinski definition) is 3. The molecule has 0 unspecified atom stereocenters. The van der Waals surface area contributed by atoms with Crippen LogP contribution in [-0.2, 0) is 17.8 Å². The smallest absolute Gasteiger partial charge is 0.228 e. The SMILES string of the molecule is CCn1cc(-c2ccnc3[nH]ccc23)c(-c2ccc(NC(=O)Cc3ccccc3)cc2)n1. The predicted molar refractivity (Wildman–Crippen MR) is 127 cm³/mol. The maximum Gasteiger partial charge on any atom is 0.228 e. The Morgan fingerprint density at radius 3 is 2.59 bits per heavy atom. The molecule has 158 valence electrons. The number of anilines is 1. The van der Waals surface area contributed by atoms with Gasteiger partial charge in [-0.1, -0.05) is 42.5 Å². The van der Waals surface area contributed by atoms with Crippen LogP contribution in [0.4, 0.5) is 5.69 Å². The molecule has 6 nitrogen and oxygen atoms in total. The van der Waals surface area contributed by atoms with Crippen molar-refractivity contribution < 1.29 is 4.79 Å². The normalized spacial score (nSPS) is 11.0. The van der Waals surface area contributed by atoms with Crippen molar-refractivity contribution in [1.29, 1.82) is 0 Å². The number of aryl methyl sites for hydroxylation is 1. The molecule has 3 aromatic heterocycles. The second-order valence-electron chi connectivity index (χ2n) is 7.63. The minimum atomic E-state index is -0.0356. The Balaban J connectivity index is 1.42. The van der Waals surface area contributed by atoms with E-state index >= 15 is 0 Å². The Kier molecular flexibility index (Phi) is 5.25. The first-order chi connectivity index (χ1) is 15.7. The van der Waals surface area contributed by atoms with Crippen LogP contribution in [0.2, 0.25) is 0 Å². The Morgan fingerprint density at radius 2 is 1.81 bits per heavy atom. The van der Waals surface area contributed by atoms with E-state index in [-0.39, 0.29) is 5.91 Å². The standard InChI is InChI=1S/C26H23N5O/c1-2-31-17-23(21-12-14-27-26-22(21)13-15-28-26)25(30-31)19-8-10-20(11-9-19)29-24(32)16-18-6-4-3-5-7-18/h3-15,17H,2,16H2,1H3,(H,27,28)(H,29,32). The van der Waals surface area contributed by atoms with Crippen LogP contribution < -0.4 is 5.32 Å². The van der Waals surface area contributed by atoms with Gasteiger partial charge in [0.2, 0.25) is 5.91 Å². The van der Waals surface area contributed by atoms with E-state index in [9.17, 15) is 4.79 Å². The lowest BCUT2D eigenvalue weighted by Crippen LogP contribution is -2.14. The first-order valence-corrected chi connectivity index (χ1v) is 10.7. The summed E-state index contributed by atoms with van der Waals surface area (Å²) >= 11 is 0. The van der Waals surface area contributed by atoms with Crippen LogP contribution in [0.3, 0.4) is 0 Å². The molecule has 0 saturated carbocycles. The molecule has 0 bridgehead atoms. The van der Waals surface area contributed by atoms with E-state index in [1.165, 1.54) is 0 Å². The van der Waals surface area contributed by atoms with Gasteiger partial charge in [0, 0.05) is 47.3 Å². The van der Waals surface area contributed by atoms with Crippen molar-refractivity contribution in [1.82, 2.24) is 19.7 Å². The number of pyridine rings is 1. The maximum atomic E-state index is 12.4. The monoisotopic (exact) mass is 421 g/mol. The van der Waals surface area contributed by atoms with Gasteiger partial charge in [0.1, 0.15) is 11.3 Å². The molecule has 0 aliphatic carbocycles. The molecule has 0 aliphatic heterocycles. The van der Waals surface area contributed by atoms with Crippen LogP contribution in [0.5, 0.6) is 0 Å². The van der Waals surface area contributed by atoms with Gasteiger partial charge in [-0.3, -0.25) is 9.48 Å². The Hall–Kier alpha value is -4.19. The molecule has 2 aromatic carbocycles. The summed E-state index contributed by atoms with van der Waals surface area (Å²) in [7, 11) is 0. The van der Waals surface area contributed by atoms with Crippen molar-refractivity contribution >= 4 is 22.6 Å². The molecular weight excluding hydrogens is 398 g/mol. The molecule has 0 fully saturated rings. The summed E-state index contributed by atoms with van der Waals surface area (Å²) in [5.41, 5.74) is 6.66. The molecule has 32 heavy (non-hydrogen) atoms. The van der Waals surface area contributed by atoms with Gasteiger partial charge in [0.25, 0.3) is 0 Å². The molecule has 0 atom stereocenters. The van der Waals surface area contributed by atoms with Crippen molar-refractivity contribution in [2.24, 2.45) is 0 Å². The number of benzene rings is 2. The lowest BCUT2D eigenvalue weighted by molar-refractivity contribution is -0.115. The quantitative estimate of drug-likeness (QED) is 0.391. The third kappa shape index (κ3) is 3.90. The Bertz CT molecular complexity index is 1370. The number of aromatic amines is 1. The Labute approximate surface area is 185 Å². The molecule has 5 rings (SSSR count). The number of amides is 1. The van der Waals surface area contributed by atoms with Crippen LogP contribution in [0.1, 0.15) is 12.5 Å². The van der Waals surface area contributed by atoms with Gasteiger partial charge in [-0.15, -0.1) is 0 Å². The van der Waals surface area contributed by atoms with E-state index in [1.54, 1.807) is 0 Å². The van der Waals surface area contributed by atoms with Gasteiger partial charge >= 0.3 is 0 Å². The zero-order chi connectivity index (χ0) is 21.9. The molecule has 1 amide bonds. The van der Waals surface area contributed by atoms with Gasteiger partial charge < -0.3 is 10.3 Å². The van der Waals surface area contributed by atoms with E-state index in [4.69, 9.17) is 5.10 Å². The maximum absolute atomic E-state index is 12.4. The highest BCUT2D eigenvalue weighted by Gasteiger charge is 2.16. The average Bonchev–Trinajstić information content (AvgIpc) is 3.47. The van der Waals surface area contributed by atoms with Crippen molar-refractivity contribution in [2.45, 2.75) is 19.9 Å². The molecule has 6 heteroatoms. The average molecular weight is 422 g/mol. The second kappa shape index (κ2) is 8.51. The van der Waals surface area contributed by atoms with Gasteiger partial charge in [-0.2, -0.15) is 5.10 Å². The van der Waals surface area contributed by atoms with E-state index in [0.29, 0.717) is 6.42 Å². The summed E-state index contributed by atoms with van der Waals surface area (Å²) in [4.78, 5) is 20.0. The first kappa shape index (κ1) is 19.8. The largest absolute Gasteiger partial charge is 0.346 e. The highest BCUT2D eigenvalue weighted by atomic mass is 16.1. The third-order valence-electron chi connectivity index (χ3n) is 5.49. The number of carbonyl (C=O) groups is 1. The Morgan fingerprint density at radius 1 is 1.00 bits per heavy atom. The summed E-state index contributed by atoms with van der Waals surface area (Å²) < 4.78 is 1.94. The fraction of sp³-hybridized carbons (Fsp3) is 0.115. The molecular formula is C26H23N5O. The second-order valence-corrected chi connectivity index (χ2v) is 7.63. The van der Waals surface area contributed by atoms with E-state index in [0.717, 1.165) is 51.2 Å². The summed E-state index contributed by atoms with van der Waals surface area (Å²) in [6.45, 7) is 2.85. The summed E-state index contributed by atoms with van der Waals surface area (Å²) in [6, 6.07) is 21.6. The lowest BCUT2D eigenvalue weighted by Gasteiger charge is -2.08. The van der Waals surface area contributed by atoms with E-state index < -0.39 is 0 Å². The summed E-state index contributed by atoms with van der Waals surface area (Å²) in [6.07, 6.45) is 6.14. The zero-order valence-electron chi connectivity index (χ0n) is 17.7. The number of H-pyrrole nitrogens is 1. The van der Waals surface area contributed by atoms with Gasteiger partial charge in [-0.25, -0.2) is 4.98 Å². The van der Waals surface area contributed by atoms with Crippen LogP contribution >= 0.6 is 0 Å². The minimum absolute atomic E-state index is 0.0356. The molecule has 0 radical (unpaired) electrons. The van der Waals surface area contributed by atoms with Gasteiger partial charge in [0.15, 0.2) is 0 Å². The van der Waals surface area contributed by atoms with Crippen LogP contribution in [-0.4, -0.2) is 25.7 Å². The third-order valence-corrected chi connectivity index (χ3v) is 5.49. The minimum Gasteiger partial charge on any atom is -0.346 e. The lowest BCUT2D eigenvalue weighted by atomic mass is 10.0. The van der Waals surface area contributed by atoms with Crippen molar-refractivity contribution in [3.63, 3.8) is 0 Å². The number of fused-ring (bicyclic) bond motifs is 1. The molecule has 5 aromatic rings. The fourth-order valence-corrected chi connectivity index (χ4v) is 3.89. The van der Waals surface area contributed by atoms with Crippen LogP contribution in [0.25, 0.3) is 33.4 Å². The number of hydrogen-bond donors (Lipinski definition) is 2. The van der Waals surface area contributed by atoms with Crippen molar-refractivity contribution in [2.75, 3.05) is 5.32 Å². The topological polar surface area (TPSA) is 75.6 Å². The molecule has 3 heterocycles. The fourth-order valence-electron chi connectivity index (χ4n) is 3.89. The van der Waals surface area contributed by atoms with E-state index in [2.05, 4.69) is 28.4 Å². The summed E-state index contributed by atoms with van der Waals surface area (Å²) in [5.74, 6) is -0.0356. The van der Waals surface area contributed by atoms with Crippen LogP contribution in [0.15, 0.2) is 85.3 Å². The molecule has 0 aliphatic rings. The summed E-state index contributed by atoms with van der Waals surface area (Å²) in [5, 5.41) is 8.85. The van der Waals surface area contributed by atoms with Crippen molar-refractivity contribution in [3.8, 4) is 22.4 Å².